The zero-order chi connectivity index (χ0) is 17.5. The summed E-state index contributed by atoms with van der Waals surface area (Å²) in [6, 6.07) is 7.90. The Labute approximate surface area is 137 Å². The molecule has 0 fully saturated rings. The molecule has 1 unspecified atom stereocenters. The molecule has 4 N–H and O–H groups in total. The second kappa shape index (κ2) is 5.68. The van der Waals surface area contributed by atoms with E-state index in [1.165, 1.54) is 0 Å². The SMILES string of the molecule is NC(=O)C1Cc2ccccc2N(S(=O)(=O)c2c[nH]c(C(=O)O)c2)C1. The van der Waals surface area contributed by atoms with E-state index in [0.29, 0.717) is 17.7 Å². The fourth-order valence-corrected chi connectivity index (χ4v) is 4.29. The van der Waals surface area contributed by atoms with Gasteiger partial charge in [-0.05, 0) is 24.1 Å². The van der Waals surface area contributed by atoms with Gasteiger partial charge < -0.3 is 15.8 Å². The van der Waals surface area contributed by atoms with Gasteiger partial charge in [-0.3, -0.25) is 9.10 Å². The van der Waals surface area contributed by atoms with Gasteiger partial charge in [-0.2, -0.15) is 0 Å². The van der Waals surface area contributed by atoms with Crippen molar-refractivity contribution < 1.29 is 23.1 Å². The predicted octanol–water partition coefficient (Wildman–Crippen LogP) is 0.566. The number of nitrogens with one attached hydrogen (secondary N) is 1. The lowest BCUT2D eigenvalue weighted by atomic mass is 9.93. The molecule has 9 heteroatoms. The molecule has 3 rings (SSSR count). The van der Waals surface area contributed by atoms with Crippen LogP contribution in [0, 0.1) is 5.92 Å². The third-order valence-electron chi connectivity index (χ3n) is 3.99. The number of hydrogen-bond acceptors (Lipinski definition) is 4. The van der Waals surface area contributed by atoms with Crippen LogP contribution in [0.5, 0.6) is 0 Å². The molecule has 0 bridgehead atoms. The first-order valence-corrected chi connectivity index (χ1v) is 8.56. The summed E-state index contributed by atoms with van der Waals surface area (Å²) in [6.07, 6.45) is 1.49. The largest absolute Gasteiger partial charge is 0.477 e. The quantitative estimate of drug-likeness (QED) is 0.742. The number of amides is 1. The van der Waals surface area contributed by atoms with Crippen molar-refractivity contribution in [2.45, 2.75) is 11.3 Å². The summed E-state index contributed by atoms with van der Waals surface area (Å²) in [4.78, 5) is 24.8. The second-order valence-corrected chi connectivity index (χ2v) is 7.38. The van der Waals surface area contributed by atoms with Crippen molar-refractivity contribution in [3.05, 3.63) is 47.8 Å². The number of rotatable bonds is 4. The van der Waals surface area contributed by atoms with Gasteiger partial charge in [0.05, 0.1) is 11.6 Å². The van der Waals surface area contributed by atoms with Crippen LogP contribution in [0.25, 0.3) is 0 Å². The minimum atomic E-state index is -4.02. The van der Waals surface area contributed by atoms with Gasteiger partial charge in [0, 0.05) is 12.7 Å². The zero-order valence-electron chi connectivity index (χ0n) is 12.5. The van der Waals surface area contributed by atoms with Crippen LogP contribution in [0.15, 0.2) is 41.4 Å². The molecule has 8 nitrogen and oxygen atoms in total. The number of nitrogens with zero attached hydrogens (tertiary/aromatic N) is 1. The summed E-state index contributed by atoms with van der Waals surface area (Å²) in [7, 11) is -4.02. The summed E-state index contributed by atoms with van der Waals surface area (Å²) in [6.45, 7) is -0.0811. The van der Waals surface area contributed by atoms with Crippen LogP contribution in [0.4, 0.5) is 5.69 Å². The van der Waals surface area contributed by atoms with Gasteiger partial charge in [0.1, 0.15) is 10.6 Å². The number of H-pyrrole nitrogens is 1. The third-order valence-corrected chi connectivity index (χ3v) is 5.75. The van der Waals surface area contributed by atoms with E-state index >= 15 is 0 Å². The lowest BCUT2D eigenvalue weighted by Crippen LogP contribution is -2.44. The number of nitrogens with two attached hydrogens (primary N) is 1. The Morgan fingerprint density at radius 1 is 1.29 bits per heavy atom. The number of carbonyl (C=O) groups excluding carboxylic acids is 1. The maximum Gasteiger partial charge on any atom is 0.352 e. The van der Waals surface area contributed by atoms with Crippen LogP contribution in [-0.4, -0.2) is 36.9 Å². The molecule has 1 aromatic heterocycles. The first-order chi connectivity index (χ1) is 11.3. The van der Waals surface area contributed by atoms with Crippen molar-refractivity contribution in [1.82, 2.24) is 4.98 Å². The van der Waals surface area contributed by atoms with Crippen molar-refractivity contribution in [2.75, 3.05) is 10.8 Å². The molecular formula is C15H15N3O5S. The van der Waals surface area contributed by atoms with Gasteiger partial charge in [0.2, 0.25) is 5.91 Å². The first kappa shape index (κ1) is 16.1. The third kappa shape index (κ3) is 2.62. The molecule has 1 aliphatic rings. The van der Waals surface area contributed by atoms with Gasteiger partial charge in [-0.25, -0.2) is 13.2 Å². The number of carboxylic acids is 1. The molecule has 1 aliphatic heterocycles. The first-order valence-electron chi connectivity index (χ1n) is 7.12. The molecule has 1 amide bonds. The fraction of sp³-hybridized carbons (Fsp3) is 0.200. The van der Waals surface area contributed by atoms with Crippen LogP contribution in [0.3, 0.4) is 0 Å². The van der Waals surface area contributed by atoms with Gasteiger partial charge in [0.15, 0.2) is 0 Å². The summed E-state index contributed by atoms with van der Waals surface area (Å²) < 4.78 is 26.9. The lowest BCUT2D eigenvalue weighted by molar-refractivity contribution is -0.121. The molecule has 1 aromatic carbocycles. The number of aromatic carboxylic acids is 1. The number of carboxylic acid groups (broad SMARTS) is 1. The Morgan fingerprint density at radius 2 is 2.00 bits per heavy atom. The van der Waals surface area contributed by atoms with Crippen LogP contribution in [0.1, 0.15) is 16.1 Å². The number of aromatic amines is 1. The van der Waals surface area contributed by atoms with E-state index in [-0.39, 0.29) is 17.1 Å². The van der Waals surface area contributed by atoms with Gasteiger partial charge in [0.25, 0.3) is 10.0 Å². The van der Waals surface area contributed by atoms with Crippen molar-refractivity contribution in [3.63, 3.8) is 0 Å². The monoisotopic (exact) mass is 349 g/mol. The van der Waals surface area contributed by atoms with Crippen molar-refractivity contribution >= 4 is 27.6 Å². The Bertz CT molecular complexity index is 919. The average Bonchev–Trinajstić information content (AvgIpc) is 3.04. The van der Waals surface area contributed by atoms with Gasteiger partial charge >= 0.3 is 5.97 Å². The maximum atomic E-state index is 12.9. The van der Waals surface area contributed by atoms with E-state index in [1.807, 2.05) is 0 Å². The number of aromatic nitrogens is 1. The van der Waals surface area contributed by atoms with E-state index in [0.717, 1.165) is 16.6 Å². The Kier molecular flexibility index (Phi) is 3.80. The number of para-hydroxylation sites is 1. The van der Waals surface area contributed by atoms with Gasteiger partial charge in [-0.1, -0.05) is 18.2 Å². The molecule has 0 radical (unpaired) electrons. The van der Waals surface area contributed by atoms with Gasteiger partial charge in [-0.15, -0.1) is 0 Å². The van der Waals surface area contributed by atoms with E-state index in [4.69, 9.17) is 10.8 Å². The molecule has 0 spiro atoms. The van der Waals surface area contributed by atoms with Crippen LogP contribution in [0.2, 0.25) is 0 Å². The Hall–Kier alpha value is -2.81. The Balaban J connectivity index is 2.08. The number of carbonyl (C=O) groups is 2. The number of hydrogen-bond donors (Lipinski definition) is 3. The van der Waals surface area contributed by atoms with Crippen molar-refractivity contribution in [2.24, 2.45) is 11.7 Å². The predicted molar refractivity (Wildman–Crippen MR) is 85.1 cm³/mol. The van der Waals surface area contributed by atoms with E-state index < -0.39 is 27.8 Å². The van der Waals surface area contributed by atoms with Crippen molar-refractivity contribution in [3.8, 4) is 0 Å². The topological polar surface area (TPSA) is 134 Å². The maximum absolute atomic E-state index is 12.9. The molecule has 1 atom stereocenters. The normalized spacial score (nSPS) is 17.3. The van der Waals surface area contributed by atoms with E-state index in [9.17, 15) is 18.0 Å². The van der Waals surface area contributed by atoms with Crippen LogP contribution >= 0.6 is 0 Å². The smallest absolute Gasteiger partial charge is 0.352 e. The fourth-order valence-electron chi connectivity index (χ4n) is 2.75. The number of fused-ring (bicyclic) bond motifs is 1. The molecule has 0 saturated carbocycles. The highest BCUT2D eigenvalue weighted by Crippen LogP contribution is 2.34. The molecule has 0 aliphatic carbocycles. The van der Waals surface area contributed by atoms with Crippen LogP contribution in [-0.2, 0) is 21.2 Å². The Morgan fingerprint density at radius 3 is 2.62 bits per heavy atom. The highest BCUT2D eigenvalue weighted by atomic mass is 32.2. The number of sulfonamides is 1. The minimum absolute atomic E-state index is 0.0811. The highest BCUT2D eigenvalue weighted by Gasteiger charge is 2.35. The number of anilines is 1. The molecule has 2 heterocycles. The van der Waals surface area contributed by atoms with Crippen molar-refractivity contribution in [1.29, 1.82) is 0 Å². The molecule has 24 heavy (non-hydrogen) atoms. The summed E-state index contributed by atoms with van der Waals surface area (Å²) in [5, 5.41) is 8.95. The summed E-state index contributed by atoms with van der Waals surface area (Å²) >= 11 is 0. The summed E-state index contributed by atoms with van der Waals surface area (Å²) in [5.74, 6) is -2.48. The average molecular weight is 349 g/mol. The molecule has 0 saturated heterocycles. The van der Waals surface area contributed by atoms with E-state index in [2.05, 4.69) is 4.98 Å². The number of primary amides is 1. The standard InChI is InChI=1S/C15H15N3O5S/c16-14(19)10-5-9-3-1-2-4-13(9)18(8-10)24(22,23)11-6-12(15(20)21)17-7-11/h1-4,6-7,10,17H,5,8H2,(H2,16,19)(H,20,21). The molecule has 2 aromatic rings. The molecule has 126 valence electrons. The zero-order valence-corrected chi connectivity index (χ0v) is 13.3. The lowest BCUT2D eigenvalue weighted by Gasteiger charge is -2.33. The number of benzene rings is 1. The summed E-state index contributed by atoms with van der Waals surface area (Å²) in [5.41, 5.74) is 6.30. The van der Waals surface area contributed by atoms with Crippen LogP contribution < -0.4 is 10.0 Å². The molecular weight excluding hydrogens is 334 g/mol. The highest BCUT2D eigenvalue weighted by molar-refractivity contribution is 7.92. The van der Waals surface area contributed by atoms with E-state index in [1.54, 1.807) is 24.3 Å². The second-order valence-electron chi connectivity index (χ2n) is 5.52. The minimum Gasteiger partial charge on any atom is -0.477 e.